The van der Waals surface area contributed by atoms with E-state index < -0.39 is 0 Å². The molecule has 0 aliphatic heterocycles. The number of carbonyl (C=O) groups is 1. The molecule has 3 N–H and O–H groups in total. The highest BCUT2D eigenvalue weighted by molar-refractivity contribution is 6.44. The van der Waals surface area contributed by atoms with Crippen molar-refractivity contribution in [3.63, 3.8) is 0 Å². The summed E-state index contributed by atoms with van der Waals surface area (Å²) in [6.45, 7) is 1.82. The van der Waals surface area contributed by atoms with E-state index in [2.05, 4.69) is 5.32 Å². The summed E-state index contributed by atoms with van der Waals surface area (Å²) in [5, 5.41) is 3.66. The Balaban J connectivity index is 2.33. The second-order valence-electron chi connectivity index (χ2n) is 4.24. The number of hydrogen-bond donors (Lipinski definition) is 2. The molecule has 2 aromatic carbocycles. The maximum Gasteiger partial charge on any atom is 0.257 e. The lowest BCUT2D eigenvalue weighted by atomic mass is 10.1. The van der Waals surface area contributed by atoms with Crippen molar-refractivity contribution in [3.8, 4) is 0 Å². The van der Waals surface area contributed by atoms with E-state index in [1.165, 1.54) is 0 Å². The van der Waals surface area contributed by atoms with Crippen molar-refractivity contribution < 1.29 is 4.79 Å². The van der Waals surface area contributed by atoms with Crippen molar-refractivity contribution in [2.75, 3.05) is 11.1 Å². The van der Waals surface area contributed by atoms with Crippen LogP contribution in [0, 0.1) is 6.92 Å². The second-order valence-corrected chi connectivity index (χ2v) is 5.44. The Bertz CT molecular complexity index is 686. The number of carbonyl (C=O) groups excluding carboxylic acids is 1. The Kier molecular flexibility index (Phi) is 4.43. The van der Waals surface area contributed by atoms with Gasteiger partial charge in [-0.3, -0.25) is 4.79 Å². The van der Waals surface area contributed by atoms with Gasteiger partial charge >= 0.3 is 0 Å². The van der Waals surface area contributed by atoms with Crippen LogP contribution in [0.2, 0.25) is 15.1 Å². The normalized spacial score (nSPS) is 10.4. The zero-order chi connectivity index (χ0) is 14.9. The standard InChI is InChI=1S/C14H11Cl3N2O/c1-7-5-11(18)10(16)6-12(7)19-14(20)8-3-2-4-9(15)13(8)17/h2-6H,18H2,1H3,(H,19,20). The minimum Gasteiger partial charge on any atom is -0.398 e. The van der Waals surface area contributed by atoms with Crippen LogP contribution in [0.1, 0.15) is 15.9 Å². The molecule has 2 rings (SSSR count). The number of anilines is 2. The summed E-state index contributed by atoms with van der Waals surface area (Å²) < 4.78 is 0. The summed E-state index contributed by atoms with van der Waals surface area (Å²) in [5.74, 6) is -0.360. The van der Waals surface area contributed by atoms with Crippen molar-refractivity contribution in [2.24, 2.45) is 0 Å². The Labute approximate surface area is 131 Å². The highest BCUT2D eigenvalue weighted by Gasteiger charge is 2.14. The number of rotatable bonds is 2. The number of amides is 1. The van der Waals surface area contributed by atoms with Crippen molar-refractivity contribution in [2.45, 2.75) is 6.92 Å². The van der Waals surface area contributed by atoms with E-state index in [1.54, 1.807) is 30.3 Å². The molecular formula is C14H11Cl3N2O. The third-order valence-corrected chi connectivity index (χ3v) is 3.93. The molecule has 0 saturated carbocycles. The number of hydrogen-bond acceptors (Lipinski definition) is 2. The summed E-state index contributed by atoms with van der Waals surface area (Å²) >= 11 is 17.8. The molecule has 0 aliphatic rings. The molecule has 20 heavy (non-hydrogen) atoms. The fourth-order valence-electron chi connectivity index (χ4n) is 1.71. The molecule has 3 nitrogen and oxygen atoms in total. The molecule has 0 fully saturated rings. The minimum atomic E-state index is -0.360. The lowest BCUT2D eigenvalue weighted by Gasteiger charge is -2.11. The molecule has 0 saturated heterocycles. The van der Waals surface area contributed by atoms with Gasteiger partial charge in [0.05, 0.1) is 26.3 Å². The van der Waals surface area contributed by atoms with E-state index in [4.69, 9.17) is 40.5 Å². The first-order valence-electron chi connectivity index (χ1n) is 5.71. The summed E-state index contributed by atoms with van der Waals surface area (Å²) in [7, 11) is 0. The summed E-state index contributed by atoms with van der Waals surface area (Å²) in [4.78, 5) is 12.2. The maximum atomic E-state index is 12.2. The van der Waals surface area contributed by atoms with Crippen LogP contribution in [-0.2, 0) is 0 Å². The molecule has 0 aliphatic carbocycles. The number of aryl methyl sites for hydroxylation is 1. The molecule has 0 aromatic heterocycles. The van der Waals surface area contributed by atoms with Crippen LogP contribution in [0.5, 0.6) is 0 Å². The van der Waals surface area contributed by atoms with Gasteiger partial charge in [-0.15, -0.1) is 0 Å². The number of halogens is 3. The molecule has 2 aromatic rings. The van der Waals surface area contributed by atoms with Gasteiger partial charge < -0.3 is 11.1 Å². The average Bonchev–Trinajstić information content (AvgIpc) is 2.39. The maximum absolute atomic E-state index is 12.2. The van der Waals surface area contributed by atoms with Gasteiger partial charge in [0.2, 0.25) is 0 Å². The van der Waals surface area contributed by atoms with Gasteiger partial charge in [0, 0.05) is 5.69 Å². The average molecular weight is 330 g/mol. The molecule has 0 radical (unpaired) electrons. The van der Waals surface area contributed by atoms with Crippen LogP contribution in [0.15, 0.2) is 30.3 Å². The van der Waals surface area contributed by atoms with Crippen molar-refractivity contribution in [3.05, 3.63) is 56.5 Å². The Morgan fingerprint density at radius 3 is 2.55 bits per heavy atom. The fourth-order valence-corrected chi connectivity index (χ4v) is 2.26. The topological polar surface area (TPSA) is 55.1 Å². The molecule has 0 unspecified atom stereocenters. The predicted molar refractivity (Wildman–Crippen MR) is 85.0 cm³/mol. The molecular weight excluding hydrogens is 319 g/mol. The predicted octanol–water partition coefficient (Wildman–Crippen LogP) is 4.79. The van der Waals surface area contributed by atoms with Gasteiger partial charge in [-0.25, -0.2) is 0 Å². The second kappa shape index (κ2) is 5.92. The SMILES string of the molecule is Cc1cc(N)c(Cl)cc1NC(=O)c1cccc(Cl)c1Cl. The van der Waals surface area contributed by atoms with E-state index >= 15 is 0 Å². The summed E-state index contributed by atoms with van der Waals surface area (Å²) in [5.41, 5.74) is 7.83. The van der Waals surface area contributed by atoms with E-state index in [9.17, 15) is 4.79 Å². The number of benzene rings is 2. The highest BCUT2D eigenvalue weighted by Crippen LogP contribution is 2.29. The number of nitrogen functional groups attached to an aromatic ring is 1. The first-order valence-corrected chi connectivity index (χ1v) is 6.84. The Morgan fingerprint density at radius 2 is 1.85 bits per heavy atom. The summed E-state index contributed by atoms with van der Waals surface area (Å²) in [6, 6.07) is 8.16. The van der Waals surface area contributed by atoms with Crippen LogP contribution in [0.25, 0.3) is 0 Å². The van der Waals surface area contributed by atoms with E-state index in [0.717, 1.165) is 5.56 Å². The van der Waals surface area contributed by atoms with E-state index in [1.807, 2.05) is 6.92 Å². The fraction of sp³-hybridized carbons (Fsp3) is 0.0714. The molecule has 6 heteroatoms. The first-order chi connectivity index (χ1) is 9.40. The third kappa shape index (κ3) is 3.01. The highest BCUT2D eigenvalue weighted by atomic mass is 35.5. The third-order valence-electron chi connectivity index (χ3n) is 2.79. The molecule has 0 atom stereocenters. The van der Waals surface area contributed by atoms with Crippen LogP contribution in [0.3, 0.4) is 0 Å². The lowest BCUT2D eigenvalue weighted by Crippen LogP contribution is -2.13. The molecule has 104 valence electrons. The van der Waals surface area contributed by atoms with Gasteiger partial charge in [0.1, 0.15) is 0 Å². The molecule has 1 amide bonds. The molecule has 0 heterocycles. The largest absolute Gasteiger partial charge is 0.398 e. The van der Waals surface area contributed by atoms with Gasteiger partial charge in [0.25, 0.3) is 5.91 Å². The smallest absolute Gasteiger partial charge is 0.257 e. The van der Waals surface area contributed by atoms with Crippen LogP contribution in [0.4, 0.5) is 11.4 Å². The Morgan fingerprint density at radius 1 is 1.15 bits per heavy atom. The lowest BCUT2D eigenvalue weighted by molar-refractivity contribution is 0.102. The van der Waals surface area contributed by atoms with Crippen molar-refractivity contribution in [1.82, 2.24) is 0 Å². The van der Waals surface area contributed by atoms with Gasteiger partial charge in [-0.05, 0) is 36.8 Å². The first kappa shape index (κ1) is 15.0. The van der Waals surface area contributed by atoms with Crippen LogP contribution in [-0.4, -0.2) is 5.91 Å². The monoisotopic (exact) mass is 328 g/mol. The van der Waals surface area contributed by atoms with Gasteiger partial charge in [-0.1, -0.05) is 40.9 Å². The summed E-state index contributed by atoms with van der Waals surface area (Å²) in [6.07, 6.45) is 0. The zero-order valence-corrected chi connectivity index (χ0v) is 12.8. The van der Waals surface area contributed by atoms with Crippen LogP contribution < -0.4 is 11.1 Å². The molecule has 0 bridgehead atoms. The van der Waals surface area contributed by atoms with E-state index in [-0.39, 0.29) is 10.9 Å². The van der Waals surface area contributed by atoms with Gasteiger partial charge in [0.15, 0.2) is 0 Å². The van der Waals surface area contributed by atoms with Gasteiger partial charge in [-0.2, -0.15) is 0 Å². The zero-order valence-electron chi connectivity index (χ0n) is 10.5. The van der Waals surface area contributed by atoms with Crippen molar-refractivity contribution >= 4 is 52.1 Å². The number of nitrogens with two attached hydrogens (primary N) is 1. The van der Waals surface area contributed by atoms with E-state index in [0.29, 0.717) is 27.0 Å². The molecule has 0 spiro atoms. The quantitative estimate of drug-likeness (QED) is 0.778. The minimum absolute atomic E-state index is 0.214. The Hall–Kier alpha value is -1.42. The van der Waals surface area contributed by atoms with Crippen LogP contribution >= 0.6 is 34.8 Å². The number of nitrogens with one attached hydrogen (secondary N) is 1. The van der Waals surface area contributed by atoms with Crippen molar-refractivity contribution in [1.29, 1.82) is 0 Å².